The molecule has 3 rings (SSSR count). The van der Waals surface area contributed by atoms with E-state index in [1.165, 1.54) is 17.1 Å². The number of amides is 1. The number of carbonyl (C=O) groups is 1. The van der Waals surface area contributed by atoms with Crippen LogP contribution in [-0.4, -0.2) is 61.7 Å². The van der Waals surface area contributed by atoms with E-state index in [9.17, 15) is 10.1 Å². The summed E-state index contributed by atoms with van der Waals surface area (Å²) in [6, 6.07) is 10.1. The summed E-state index contributed by atoms with van der Waals surface area (Å²) in [6.45, 7) is 5.16. The molecule has 7 nitrogen and oxygen atoms in total. The second-order valence-electron chi connectivity index (χ2n) is 6.44. The first-order valence-electron chi connectivity index (χ1n) is 9.25. The number of nitrogens with one attached hydrogen (secondary N) is 3. The van der Waals surface area contributed by atoms with Gasteiger partial charge in [-0.1, -0.05) is 18.2 Å². The summed E-state index contributed by atoms with van der Waals surface area (Å²) in [6.07, 6.45) is 4.30. The molecule has 1 fully saturated rings. The molecule has 0 saturated carbocycles. The Hall–Kier alpha value is -2.82. The van der Waals surface area contributed by atoms with Crippen LogP contribution >= 0.6 is 0 Å². The highest BCUT2D eigenvalue weighted by molar-refractivity contribution is 5.97. The Morgan fingerprint density at radius 3 is 2.93 bits per heavy atom. The molecule has 0 aliphatic carbocycles. The van der Waals surface area contributed by atoms with Crippen molar-refractivity contribution in [3.63, 3.8) is 0 Å². The van der Waals surface area contributed by atoms with Crippen molar-refractivity contribution in [2.24, 2.45) is 0 Å². The zero-order valence-corrected chi connectivity index (χ0v) is 15.3. The minimum absolute atomic E-state index is 0.0934. The Balaban J connectivity index is 1.42. The first-order chi connectivity index (χ1) is 13.3. The van der Waals surface area contributed by atoms with E-state index in [4.69, 9.17) is 4.74 Å². The molecule has 0 spiro atoms. The Morgan fingerprint density at radius 2 is 2.11 bits per heavy atom. The first kappa shape index (κ1) is 19.0. The van der Waals surface area contributed by atoms with Crippen LogP contribution in [0.2, 0.25) is 0 Å². The zero-order valence-electron chi connectivity index (χ0n) is 15.3. The fourth-order valence-corrected chi connectivity index (χ4v) is 3.12. The SMILES string of the molecule is N#C/C(=C/NCCc1c[nH]c2ccccc12)C(=O)NCCN1CCOCC1. The lowest BCUT2D eigenvalue weighted by molar-refractivity contribution is -0.117. The van der Waals surface area contributed by atoms with Crippen LogP contribution < -0.4 is 10.6 Å². The van der Waals surface area contributed by atoms with Crippen LogP contribution in [-0.2, 0) is 16.0 Å². The number of para-hydroxylation sites is 1. The van der Waals surface area contributed by atoms with E-state index in [1.807, 2.05) is 30.5 Å². The van der Waals surface area contributed by atoms with Crippen molar-refractivity contribution in [3.05, 3.63) is 47.8 Å². The van der Waals surface area contributed by atoms with Crippen LogP contribution in [0.1, 0.15) is 5.56 Å². The van der Waals surface area contributed by atoms with Gasteiger partial charge in [0.2, 0.25) is 0 Å². The Labute approximate surface area is 159 Å². The van der Waals surface area contributed by atoms with Gasteiger partial charge in [-0.2, -0.15) is 5.26 Å². The number of fused-ring (bicyclic) bond motifs is 1. The van der Waals surface area contributed by atoms with Crippen molar-refractivity contribution in [1.82, 2.24) is 20.5 Å². The summed E-state index contributed by atoms with van der Waals surface area (Å²) in [5.41, 5.74) is 2.41. The van der Waals surface area contributed by atoms with Gasteiger partial charge in [-0.25, -0.2) is 0 Å². The number of aromatic amines is 1. The van der Waals surface area contributed by atoms with Gasteiger partial charge in [-0.05, 0) is 18.1 Å². The number of hydrogen-bond donors (Lipinski definition) is 3. The normalized spacial score (nSPS) is 15.4. The topological polar surface area (TPSA) is 93.2 Å². The number of nitrogens with zero attached hydrogens (tertiary/aromatic N) is 2. The molecule has 0 atom stereocenters. The fourth-order valence-electron chi connectivity index (χ4n) is 3.12. The smallest absolute Gasteiger partial charge is 0.263 e. The molecular formula is C20H25N5O2. The molecule has 142 valence electrons. The lowest BCUT2D eigenvalue weighted by Crippen LogP contribution is -2.41. The lowest BCUT2D eigenvalue weighted by Gasteiger charge is -2.26. The second-order valence-corrected chi connectivity index (χ2v) is 6.44. The van der Waals surface area contributed by atoms with Crippen LogP contribution in [0.5, 0.6) is 0 Å². The van der Waals surface area contributed by atoms with Crippen LogP contribution in [0.15, 0.2) is 42.2 Å². The largest absolute Gasteiger partial charge is 0.389 e. The van der Waals surface area contributed by atoms with Crippen molar-refractivity contribution >= 4 is 16.8 Å². The Bertz CT molecular complexity index is 830. The van der Waals surface area contributed by atoms with Crippen LogP contribution in [0.25, 0.3) is 10.9 Å². The number of morpholine rings is 1. The van der Waals surface area contributed by atoms with Gasteiger partial charge in [0, 0.05) is 56.0 Å². The molecule has 3 N–H and O–H groups in total. The predicted octanol–water partition coefficient (Wildman–Crippen LogP) is 1.16. The molecular weight excluding hydrogens is 342 g/mol. The van der Waals surface area contributed by atoms with Crippen molar-refractivity contribution < 1.29 is 9.53 Å². The molecule has 1 saturated heterocycles. The summed E-state index contributed by atoms with van der Waals surface area (Å²) >= 11 is 0. The third-order valence-corrected chi connectivity index (χ3v) is 4.64. The van der Waals surface area contributed by atoms with E-state index < -0.39 is 0 Å². The standard InChI is InChI=1S/C20H25N5O2/c21-13-17(20(26)23-7-8-25-9-11-27-12-10-25)14-22-6-5-16-15-24-19-4-2-1-3-18(16)19/h1-4,14-15,22,24H,5-12H2,(H,23,26)/b17-14-. The molecule has 1 aliphatic heterocycles. The lowest BCUT2D eigenvalue weighted by atomic mass is 10.1. The number of benzene rings is 1. The Morgan fingerprint density at radius 1 is 1.30 bits per heavy atom. The molecule has 0 unspecified atom stereocenters. The maximum absolute atomic E-state index is 12.1. The monoisotopic (exact) mass is 367 g/mol. The van der Waals surface area contributed by atoms with Crippen molar-refractivity contribution in [1.29, 1.82) is 5.26 Å². The van der Waals surface area contributed by atoms with Gasteiger partial charge in [0.15, 0.2) is 0 Å². The van der Waals surface area contributed by atoms with E-state index >= 15 is 0 Å². The molecule has 1 aliphatic rings. The van der Waals surface area contributed by atoms with Crippen LogP contribution in [0.4, 0.5) is 0 Å². The van der Waals surface area contributed by atoms with Crippen molar-refractivity contribution in [3.8, 4) is 6.07 Å². The number of hydrogen-bond acceptors (Lipinski definition) is 5. The number of H-pyrrole nitrogens is 1. The molecule has 1 amide bonds. The van der Waals surface area contributed by atoms with E-state index in [0.29, 0.717) is 13.1 Å². The van der Waals surface area contributed by atoms with E-state index in [0.717, 1.165) is 44.8 Å². The molecule has 7 heteroatoms. The number of nitriles is 1. The van der Waals surface area contributed by atoms with Gasteiger partial charge in [-0.15, -0.1) is 0 Å². The average Bonchev–Trinajstić information content (AvgIpc) is 3.12. The number of rotatable bonds is 8. The van der Waals surface area contributed by atoms with E-state index in [2.05, 4.69) is 26.6 Å². The van der Waals surface area contributed by atoms with Gasteiger partial charge in [0.25, 0.3) is 5.91 Å². The highest BCUT2D eigenvalue weighted by Gasteiger charge is 2.12. The van der Waals surface area contributed by atoms with Crippen molar-refractivity contribution in [2.75, 3.05) is 45.9 Å². The Kier molecular flexibility index (Phi) is 6.85. The van der Waals surface area contributed by atoms with Gasteiger partial charge in [-0.3, -0.25) is 9.69 Å². The number of ether oxygens (including phenoxy) is 1. The summed E-state index contributed by atoms with van der Waals surface area (Å²) in [7, 11) is 0. The summed E-state index contributed by atoms with van der Waals surface area (Å²) < 4.78 is 5.30. The molecule has 27 heavy (non-hydrogen) atoms. The summed E-state index contributed by atoms with van der Waals surface area (Å²) in [5.74, 6) is -0.342. The third-order valence-electron chi connectivity index (χ3n) is 4.64. The second kappa shape index (κ2) is 9.76. The van der Waals surface area contributed by atoms with Crippen LogP contribution in [0, 0.1) is 11.3 Å². The highest BCUT2D eigenvalue weighted by Crippen LogP contribution is 2.17. The number of aromatic nitrogens is 1. The molecule has 0 bridgehead atoms. The van der Waals surface area contributed by atoms with Crippen LogP contribution in [0.3, 0.4) is 0 Å². The average molecular weight is 367 g/mol. The quantitative estimate of drug-likeness (QED) is 0.370. The molecule has 1 aromatic heterocycles. The first-order valence-corrected chi connectivity index (χ1v) is 9.25. The number of carbonyl (C=O) groups excluding carboxylic acids is 1. The van der Waals surface area contributed by atoms with E-state index in [1.54, 1.807) is 0 Å². The minimum atomic E-state index is -0.342. The van der Waals surface area contributed by atoms with Crippen molar-refractivity contribution in [2.45, 2.75) is 6.42 Å². The zero-order chi connectivity index (χ0) is 18.9. The maximum atomic E-state index is 12.1. The molecule has 1 aromatic carbocycles. The summed E-state index contributed by atoms with van der Waals surface area (Å²) in [4.78, 5) is 17.6. The van der Waals surface area contributed by atoms with E-state index in [-0.39, 0.29) is 11.5 Å². The van der Waals surface area contributed by atoms with Gasteiger partial charge < -0.3 is 20.4 Å². The molecule has 0 radical (unpaired) electrons. The third kappa shape index (κ3) is 5.33. The van der Waals surface area contributed by atoms with Gasteiger partial charge >= 0.3 is 0 Å². The molecule has 2 aromatic rings. The fraction of sp³-hybridized carbons (Fsp3) is 0.400. The highest BCUT2D eigenvalue weighted by atomic mass is 16.5. The summed E-state index contributed by atoms with van der Waals surface area (Å²) in [5, 5.41) is 16.3. The predicted molar refractivity (Wildman–Crippen MR) is 104 cm³/mol. The maximum Gasteiger partial charge on any atom is 0.263 e. The van der Waals surface area contributed by atoms with Gasteiger partial charge in [0.1, 0.15) is 11.6 Å². The van der Waals surface area contributed by atoms with Gasteiger partial charge in [0.05, 0.1) is 13.2 Å². The minimum Gasteiger partial charge on any atom is -0.389 e. The molecule has 2 heterocycles.